The number of rotatable bonds is 10. The quantitative estimate of drug-likeness (QED) is 0.281. The standard InChI is InChI=1S/C19H20N2O6S/c1-26-15-8-6-14(7-9-15)10-11-20-18(22)12-27-19(23)13-28-17-5-3-2-4-16(17)21(24)25/h2-9H,10-13H2,1H3,(H,20,22). The molecule has 0 atom stereocenters. The minimum Gasteiger partial charge on any atom is -0.497 e. The first kappa shape index (κ1) is 21.2. The fourth-order valence-corrected chi connectivity index (χ4v) is 3.07. The van der Waals surface area contributed by atoms with Crippen molar-refractivity contribution in [2.24, 2.45) is 0 Å². The Morgan fingerprint density at radius 2 is 1.86 bits per heavy atom. The number of nitrogens with zero attached hydrogens (tertiary/aromatic N) is 1. The molecule has 0 bridgehead atoms. The molecule has 0 spiro atoms. The average Bonchev–Trinajstić information content (AvgIpc) is 2.71. The lowest BCUT2D eigenvalue weighted by molar-refractivity contribution is -0.387. The van der Waals surface area contributed by atoms with Crippen LogP contribution in [0.25, 0.3) is 0 Å². The molecular formula is C19H20N2O6S. The summed E-state index contributed by atoms with van der Waals surface area (Å²) in [6.07, 6.45) is 0.636. The maximum atomic E-state index is 11.8. The van der Waals surface area contributed by atoms with Crippen molar-refractivity contribution in [1.29, 1.82) is 0 Å². The summed E-state index contributed by atoms with van der Waals surface area (Å²) in [6.45, 7) is 0.0204. The summed E-state index contributed by atoms with van der Waals surface area (Å²) in [6, 6.07) is 13.6. The fourth-order valence-electron chi connectivity index (χ4n) is 2.24. The van der Waals surface area contributed by atoms with Crippen LogP contribution in [0, 0.1) is 10.1 Å². The number of benzene rings is 2. The van der Waals surface area contributed by atoms with Gasteiger partial charge in [0.25, 0.3) is 11.6 Å². The highest BCUT2D eigenvalue weighted by Crippen LogP contribution is 2.28. The molecule has 28 heavy (non-hydrogen) atoms. The Kier molecular flexibility index (Phi) is 8.29. The van der Waals surface area contributed by atoms with Gasteiger partial charge in [0, 0.05) is 12.6 Å². The molecule has 0 unspecified atom stereocenters. The lowest BCUT2D eigenvalue weighted by atomic mass is 10.1. The summed E-state index contributed by atoms with van der Waals surface area (Å²) < 4.78 is 9.98. The molecule has 9 heteroatoms. The van der Waals surface area contributed by atoms with Crippen molar-refractivity contribution in [2.75, 3.05) is 26.0 Å². The van der Waals surface area contributed by atoms with Gasteiger partial charge in [0.1, 0.15) is 5.75 Å². The van der Waals surface area contributed by atoms with Crippen LogP contribution < -0.4 is 10.1 Å². The summed E-state index contributed by atoms with van der Waals surface area (Å²) in [7, 11) is 1.59. The molecule has 0 aliphatic rings. The van der Waals surface area contributed by atoms with Gasteiger partial charge in [0.15, 0.2) is 6.61 Å². The smallest absolute Gasteiger partial charge is 0.316 e. The number of hydrogen-bond acceptors (Lipinski definition) is 7. The molecule has 8 nitrogen and oxygen atoms in total. The third-order valence-corrected chi connectivity index (χ3v) is 4.70. The Labute approximate surface area is 166 Å². The zero-order chi connectivity index (χ0) is 20.4. The van der Waals surface area contributed by atoms with Crippen molar-refractivity contribution in [3.63, 3.8) is 0 Å². The number of nitro groups is 1. The van der Waals surface area contributed by atoms with Gasteiger partial charge in [-0.1, -0.05) is 24.3 Å². The van der Waals surface area contributed by atoms with Gasteiger partial charge in [-0.05, 0) is 30.2 Å². The number of amides is 1. The first-order valence-electron chi connectivity index (χ1n) is 8.41. The van der Waals surface area contributed by atoms with E-state index >= 15 is 0 Å². The minimum absolute atomic E-state index is 0.0726. The molecule has 1 amide bonds. The average molecular weight is 404 g/mol. The van der Waals surface area contributed by atoms with E-state index in [0.29, 0.717) is 17.9 Å². The van der Waals surface area contributed by atoms with E-state index in [1.165, 1.54) is 6.07 Å². The summed E-state index contributed by atoms with van der Waals surface area (Å²) in [5, 5.41) is 13.6. The number of ether oxygens (including phenoxy) is 2. The molecule has 0 aliphatic carbocycles. The Morgan fingerprint density at radius 3 is 2.54 bits per heavy atom. The van der Waals surface area contributed by atoms with Crippen LogP contribution in [0.4, 0.5) is 5.69 Å². The maximum absolute atomic E-state index is 11.8. The van der Waals surface area contributed by atoms with Crippen LogP contribution in [0.15, 0.2) is 53.4 Å². The molecule has 0 saturated carbocycles. The lowest BCUT2D eigenvalue weighted by Crippen LogP contribution is -2.30. The molecule has 0 aliphatic heterocycles. The molecule has 0 heterocycles. The van der Waals surface area contributed by atoms with E-state index in [4.69, 9.17) is 9.47 Å². The minimum atomic E-state index is -0.617. The van der Waals surface area contributed by atoms with Crippen molar-refractivity contribution in [3.8, 4) is 5.75 Å². The van der Waals surface area contributed by atoms with Gasteiger partial charge in [-0.15, -0.1) is 11.8 Å². The van der Waals surface area contributed by atoms with E-state index in [-0.39, 0.29) is 18.0 Å². The summed E-state index contributed by atoms with van der Waals surface area (Å²) in [4.78, 5) is 34.3. The van der Waals surface area contributed by atoms with E-state index in [1.54, 1.807) is 25.3 Å². The number of carbonyl (C=O) groups excluding carboxylic acids is 2. The van der Waals surface area contributed by atoms with E-state index in [1.807, 2.05) is 24.3 Å². The Balaban J connectivity index is 1.66. The van der Waals surface area contributed by atoms with Crippen LogP contribution in [0.3, 0.4) is 0 Å². The Morgan fingerprint density at radius 1 is 1.14 bits per heavy atom. The van der Waals surface area contributed by atoms with Crippen molar-refractivity contribution < 1.29 is 24.0 Å². The topological polar surface area (TPSA) is 108 Å². The Hall–Kier alpha value is -3.07. The van der Waals surface area contributed by atoms with Gasteiger partial charge < -0.3 is 14.8 Å². The van der Waals surface area contributed by atoms with Gasteiger partial charge in [0.05, 0.1) is 22.7 Å². The van der Waals surface area contributed by atoms with Gasteiger partial charge in [-0.2, -0.15) is 0 Å². The van der Waals surface area contributed by atoms with E-state index in [2.05, 4.69) is 5.32 Å². The first-order valence-corrected chi connectivity index (χ1v) is 9.39. The molecule has 2 rings (SSSR count). The van der Waals surface area contributed by atoms with Crippen LogP contribution >= 0.6 is 11.8 Å². The highest BCUT2D eigenvalue weighted by Gasteiger charge is 2.15. The third-order valence-electron chi connectivity index (χ3n) is 3.67. The number of carbonyl (C=O) groups is 2. The number of nitro benzene ring substituents is 1. The molecule has 0 saturated heterocycles. The van der Waals surface area contributed by atoms with E-state index in [9.17, 15) is 19.7 Å². The second kappa shape index (κ2) is 10.9. The number of esters is 1. The highest BCUT2D eigenvalue weighted by molar-refractivity contribution is 8.00. The second-order valence-electron chi connectivity index (χ2n) is 5.62. The Bertz CT molecular complexity index is 825. The number of methoxy groups -OCH3 is 1. The maximum Gasteiger partial charge on any atom is 0.316 e. The summed E-state index contributed by atoms with van der Waals surface area (Å²) >= 11 is 0.995. The summed E-state index contributed by atoms with van der Waals surface area (Å²) in [5.41, 5.74) is 0.968. The van der Waals surface area contributed by atoms with Crippen molar-refractivity contribution in [3.05, 3.63) is 64.2 Å². The van der Waals surface area contributed by atoms with Crippen molar-refractivity contribution >= 4 is 29.3 Å². The van der Waals surface area contributed by atoms with Crippen LogP contribution in [-0.4, -0.2) is 42.8 Å². The van der Waals surface area contributed by atoms with E-state index in [0.717, 1.165) is 23.1 Å². The summed E-state index contributed by atoms with van der Waals surface area (Å²) in [5.74, 6) is -0.381. The third kappa shape index (κ3) is 6.92. The monoisotopic (exact) mass is 404 g/mol. The normalized spacial score (nSPS) is 10.2. The molecule has 148 valence electrons. The molecule has 2 aromatic carbocycles. The van der Waals surface area contributed by atoms with Gasteiger partial charge in [-0.25, -0.2) is 0 Å². The SMILES string of the molecule is COc1ccc(CCNC(=O)COC(=O)CSc2ccccc2[N+](=O)[O-])cc1. The number of nitrogens with one attached hydrogen (secondary N) is 1. The van der Waals surface area contributed by atoms with Crippen molar-refractivity contribution in [1.82, 2.24) is 5.32 Å². The zero-order valence-electron chi connectivity index (χ0n) is 15.3. The van der Waals surface area contributed by atoms with Crippen molar-refractivity contribution in [2.45, 2.75) is 11.3 Å². The second-order valence-corrected chi connectivity index (χ2v) is 6.64. The van der Waals surface area contributed by atoms with Crippen LogP contribution in [0.2, 0.25) is 0 Å². The lowest BCUT2D eigenvalue weighted by Gasteiger charge is -2.07. The van der Waals surface area contributed by atoms with Gasteiger partial charge >= 0.3 is 5.97 Å². The van der Waals surface area contributed by atoms with Gasteiger partial charge in [0.2, 0.25) is 0 Å². The fraction of sp³-hybridized carbons (Fsp3) is 0.263. The zero-order valence-corrected chi connectivity index (χ0v) is 16.1. The predicted molar refractivity (Wildman–Crippen MR) is 104 cm³/mol. The van der Waals surface area contributed by atoms with Crippen LogP contribution in [0.1, 0.15) is 5.56 Å². The number of para-hydroxylation sites is 1. The van der Waals surface area contributed by atoms with E-state index < -0.39 is 16.8 Å². The molecule has 0 fully saturated rings. The molecular weight excluding hydrogens is 384 g/mol. The first-order chi connectivity index (χ1) is 13.5. The number of thioether (sulfide) groups is 1. The van der Waals surface area contributed by atoms with Crippen LogP contribution in [0.5, 0.6) is 5.75 Å². The highest BCUT2D eigenvalue weighted by atomic mass is 32.2. The predicted octanol–water partition coefficient (Wildman–Crippen LogP) is 2.60. The molecule has 0 radical (unpaired) electrons. The van der Waals surface area contributed by atoms with Gasteiger partial charge in [-0.3, -0.25) is 19.7 Å². The van der Waals surface area contributed by atoms with Crippen LogP contribution in [-0.2, 0) is 20.7 Å². The largest absolute Gasteiger partial charge is 0.497 e. The molecule has 0 aromatic heterocycles. The number of hydrogen-bond donors (Lipinski definition) is 1. The molecule has 2 aromatic rings. The molecule has 1 N–H and O–H groups in total.